The maximum Gasteiger partial charge on any atom is 0.437 e. The summed E-state index contributed by atoms with van der Waals surface area (Å²) in [5.41, 5.74) is 1.69. The zero-order valence-corrected chi connectivity index (χ0v) is 16.2. The molecule has 1 aliphatic rings. The molecule has 1 aromatic carbocycles. The molecule has 0 saturated heterocycles. The first kappa shape index (κ1) is 19.6. The van der Waals surface area contributed by atoms with Crippen LogP contribution in [0.3, 0.4) is 0 Å². The molecule has 1 amide bonds. The van der Waals surface area contributed by atoms with Crippen molar-refractivity contribution in [3.05, 3.63) is 53.6 Å². The normalized spacial score (nSPS) is 15.2. The molecule has 0 unspecified atom stereocenters. The van der Waals surface area contributed by atoms with Gasteiger partial charge in [-0.25, -0.2) is 4.79 Å². The lowest BCUT2D eigenvalue weighted by Crippen LogP contribution is -2.29. The number of nitrogens with zero attached hydrogens (tertiary/aromatic N) is 1. The summed E-state index contributed by atoms with van der Waals surface area (Å²) in [7, 11) is 0. The smallest absolute Gasteiger partial charge is 0.297 e. The number of nitrogens with one attached hydrogen (secondary N) is 1. The van der Waals surface area contributed by atoms with E-state index in [2.05, 4.69) is 10.5 Å². The van der Waals surface area contributed by atoms with Crippen molar-refractivity contribution in [2.75, 3.05) is 5.32 Å². The molecular formula is C21H26N2O3. The van der Waals surface area contributed by atoms with Crippen LogP contribution in [0.4, 0.5) is 10.5 Å². The molecule has 0 bridgehead atoms. The Labute approximate surface area is 154 Å². The molecule has 0 aliphatic heterocycles. The molecule has 2 rings (SSSR count). The number of hydrogen-bond acceptors (Lipinski definition) is 4. The van der Waals surface area contributed by atoms with Gasteiger partial charge in [0.2, 0.25) is 0 Å². The van der Waals surface area contributed by atoms with E-state index in [9.17, 15) is 9.59 Å². The lowest BCUT2D eigenvalue weighted by atomic mass is 9.72. The number of hydrogen-bond donors (Lipinski definition) is 1. The highest BCUT2D eigenvalue weighted by atomic mass is 16.7. The number of allylic oxidation sites excluding steroid dienone is 4. The number of rotatable bonds is 2. The Hall–Kier alpha value is -2.69. The number of amides is 1. The second-order valence-corrected chi connectivity index (χ2v) is 8.33. The minimum atomic E-state index is -0.683. The summed E-state index contributed by atoms with van der Waals surface area (Å²) >= 11 is 0. The van der Waals surface area contributed by atoms with E-state index in [-0.39, 0.29) is 16.6 Å². The van der Waals surface area contributed by atoms with Crippen molar-refractivity contribution >= 4 is 23.3 Å². The molecule has 5 nitrogen and oxygen atoms in total. The molecule has 0 atom stereocenters. The van der Waals surface area contributed by atoms with Gasteiger partial charge in [-0.1, -0.05) is 64.9 Å². The number of oxime groups is 1. The number of anilines is 1. The summed E-state index contributed by atoms with van der Waals surface area (Å²) in [5, 5.41) is 6.54. The van der Waals surface area contributed by atoms with Gasteiger partial charge in [0.1, 0.15) is 5.71 Å². The van der Waals surface area contributed by atoms with Crippen LogP contribution in [0.2, 0.25) is 0 Å². The molecule has 0 radical (unpaired) electrons. The summed E-state index contributed by atoms with van der Waals surface area (Å²) in [4.78, 5) is 29.7. The molecule has 1 N–H and O–H groups in total. The predicted molar refractivity (Wildman–Crippen MR) is 104 cm³/mol. The maximum atomic E-state index is 12.8. The van der Waals surface area contributed by atoms with Crippen LogP contribution in [0.25, 0.3) is 0 Å². The number of benzene rings is 1. The average molecular weight is 354 g/mol. The van der Waals surface area contributed by atoms with Crippen LogP contribution in [0.1, 0.15) is 41.5 Å². The predicted octanol–water partition coefficient (Wildman–Crippen LogP) is 5.12. The summed E-state index contributed by atoms with van der Waals surface area (Å²) in [5.74, 6) is 0.0117. The number of para-hydroxylation sites is 1. The van der Waals surface area contributed by atoms with Gasteiger partial charge in [-0.2, -0.15) is 0 Å². The zero-order valence-electron chi connectivity index (χ0n) is 16.2. The van der Waals surface area contributed by atoms with Crippen molar-refractivity contribution in [3.63, 3.8) is 0 Å². The Morgan fingerprint density at radius 1 is 0.923 bits per heavy atom. The van der Waals surface area contributed by atoms with Crippen LogP contribution in [-0.2, 0) is 9.63 Å². The Kier molecular flexibility index (Phi) is 5.50. The minimum absolute atomic E-state index is 0.0117. The average Bonchev–Trinajstić information content (AvgIpc) is 2.52. The van der Waals surface area contributed by atoms with Crippen molar-refractivity contribution in [3.8, 4) is 0 Å². The fourth-order valence-corrected chi connectivity index (χ4v) is 2.54. The van der Waals surface area contributed by atoms with E-state index in [1.165, 1.54) is 0 Å². The Morgan fingerprint density at radius 2 is 1.42 bits per heavy atom. The second kappa shape index (κ2) is 7.28. The van der Waals surface area contributed by atoms with Gasteiger partial charge in [-0.05, 0) is 35.1 Å². The van der Waals surface area contributed by atoms with Crippen molar-refractivity contribution in [1.82, 2.24) is 0 Å². The molecule has 138 valence electrons. The number of Topliss-reactive ketones (excluding diaryl/α,β-unsaturated/α-hetero) is 1. The third-order valence-corrected chi connectivity index (χ3v) is 3.94. The third kappa shape index (κ3) is 4.91. The van der Waals surface area contributed by atoms with Crippen molar-refractivity contribution in [2.45, 2.75) is 41.5 Å². The largest absolute Gasteiger partial charge is 0.437 e. The minimum Gasteiger partial charge on any atom is -0.297 e. The fraction of sp³-hybridized carbons (Fsp3) is 0.381. The van der Waals surface area contributed by atoms with Crippen LogP contribution >= 0.6 is 0 Å². The number of carbonyl (C=O) groups excluding carboxylic acids is 2. The van der Waals surface area contributed by atoms with Crippen LogP contribution < -0.4 is 5.32 Å². The van der Waals surface area contributed by atoms with Gasteiger partial charge < -0.3 is 0 Å². The van der Waals surface area contributed by atoms with Crippen molar-refractivity contribution in [2.24, 2.45) is 16.0 Å². The van der Waals surface area contributed by atoms with Crippen LogP contribution in [0.15, 0.2) is 58.8 Å². The van der Waals surface area contributed by atoms with E-state index in [4.69, 9.17) is 4.84 Å². The molecular weight excluding hydrogens is 328 g/mol. The SMILES string of the molecule is CC(C)(C)C1=CC(=NOC(=O)Nc2ccccc2)C=C(C(C)(C)C)C1=O. The molecule has 0 fully saturated rings. The van der Waals surface area contributed by atoms with Gasteiger partial charge in [0.05, 0.1) is 0 Å². The highest BCUT2D eigenvalue weighted by molar-refractivity contribution is 6.22. The number of ketones is 1. The van der Waals surface area contributed by atoms with Crippen LogP contribution in [0.5, 0.6) is 0 Å². The van der Waals surface area contributed by atoms with Gasteiger partial charge in [0.25, 0.3) is 0 Å². The molecule has 1 aliphatic carbocycles. The topological polar surface area (TPSA) is 67.8 Å². The lowest BCUT2D eigenvalue weighted by molar-refractivity contribution is -0.114. The van der Waals surface area contributed by atoms with Crippen LogP contribution in [-0.4, -0.2) is 17.6 Å². The first-order valence-corrected chi connectivity index (χ1v) is 8.58. The van der Waals surface area contributed by atoms with E-state index >= 15 is 0 Å². The summed E-state index contributed by atoms with van der Waals surface area (Å²) in [6.07, 6.45) is 2.69. The van der Waals surface area contributed by atoms with Crippen molar-refractivity contribution in [1.29, 1.82) is 0 Å². The molecule has 5 heteroatoms. The first-order chi connectivity index (χ1) is 12.0. The third-order valence-electron chi connectivity index (χ3n) is 3.94. The van der Waals surface area contributed by atoms with Gasteiger partial charge >= 0.3 is 6.09 Å². The lowest BCUT2D eigenvalue weighted by Gasteiger charge is -2.30. The standard InChI is InChI=1S/C21H26N2O3/c1-20(2,3)16-12-15(13-17(18(16)24)21(4,5)6)23-26-19(25)22-14-10-8-7-9-11-14/h7-13H,1-6H3,(H,22,25). The molecule has 26 heavy (non-hydrogen) atoms. The monoisotopic (exact) mass is 354 g/mol. The highest BCUT2D eigenvalue weighted by Gasteiger charge is 2.34. The molecule has 0 spiro atoms. The van der Waals surface area contributed by atoms with Gasteiger partial charge in [-0.15, -0.1) is 0 Å². The zero-order chi connectivity index (χ0) is 19.5. The van der Waals surface area contributed by atoms with Gasteiger partial charge in [0.15, 0.2) is 5.78 Å². The maximum absolute atomic E-state index is 12.8. The number of carbonyl (C=O) groups is 2. The van der Waals surface area contributed by atoms with E-state index < -0.39 is 6.09 Å². The molecule has 0 heterocycles. The Balaban J connectivity index is 2.25. The van der Waals surface area contributed by atoms with E-state index in [1.54, 1.807) is 24.3 Å². The van der Waals surface area contributed by atoms with Gasteiger partial charge in [0, 0.05) is 16.8 Å². The molecule has 0 saturated carbocycles. The Bertz CT molecular complexity index is 753. The van der Waals surface area contributed by atoms with Gasteiger partial charge in [-0.3, -0.25) is 14.9 Å². The first-order valence-electron chi connectivity index (χ1n) is 8.58. The van der Waals surface area contributed by atoms with E-state index in [1.807, 2.05) is 59.7 Å². The molecule has 1 aromatic rings. The Morgan fingerprint density at radius 3 is 1.88 bits per heavy atom. The molecule has 0 aromatic heterocycles. The quantitative estimate of drug-likeness (QED) is 0.455. The second-order valence-electron chi connectivity index (χ2n) is 8.33. The van der Waals surface area contributed by atoms with Crippen LogP contribution in [0, 0.1) is 10.8 Å². The highest BCUT2D eigenvalue weighted by Crippen LogP contribution is 2.36. The summed E-state index contributed by atoms with van der Waals surface area (Å²) in [6, 6.07) is 8.98. The summed E-state index contributed by atoms with van der Waals surface area (Å²) < 4.78 is 0. The summed E-state index contributed by atoms with van der Waals surface area (Å²) in [6.45, 7) is 11.9. The van der Waals surface area contributed by atoms with E-state index in [0.29, 0.717) is 22.5 Å². The van der Waals surface area contributed by atoms with E-state index in [0.717, 1.165) is 0 Å². The van der Waals surface area contributed by atoms with Crippen molar-refractivity contribution < 1.29 is 14.4 Å². The fourth-order valence-electron chi connectivity index (χ4n) is 2.54.